The highest BCUT2D eigenvalue weighted by molar-refractivity contribution is 8.01. The van der Waals surface area contributed by atoms with Gasteiger partial charge in [-0.25, -0.2) is 0 Å². The molecule has 2 rings (SSSR count). The van der Waals surface area contributed by atoms with Gasteiger partial charge in [0.05, 0.1) is 13.2 Å². The quantitative estimate of drug-likeness (QED) is 0.886. The maximum atomic E-state index is 11.0. The molecule has 0 unspecified atom stereocenters. The summed E-state index contributed by atoms with van der Waals surface area (Å²) in [5.74, 6) is -0.825. The average molecular weight is 245 g/mol. The topological polar surface area (TPSA) is 46.5 Å². The number of carbonyl (C=O) groups is 1. The Labute approximate surface area is 96.4 Å². The molecule has 1 aliphatic heterocycles. The molecule has 0 bridgehead atoms. The SMILES string of the molecule is O=C(O)C1(Sc2ccc(Cl)cc2)COC1. The molecule has 0 aromatic heterocycles. The molecule has 1 aromatic rings. The van der Waals surface area contributed by atoms with Gasteiger partial charge in [0, 0.05) is 9.92 Å². The van der Waals surface area contributed by atoms with Gasteiger partial charge in [-0.1, -0.05) is 11.6 Å². The molecule has 0 spiro atoms. The van der Waals surface area contributed by atoms with Gasteiger partial charge in [0.15, 0.2) is 4.75 Å². The summed E-state index contributed by atoms with van der Waals surface area (Å²) in [6.45, 7) is 0.519. The van der Waals surface area contributed by atoms with Crippen LogP contribution in [0.25, 0.3) is 0 Å². The predicted octanol–water partition coefficient (Wildman–Crippen LogP) is 2.29. The zero-order valence-corrected chi connectivity index (χ0v) is 9.35. The summed E-state index contributed by atoms with van der Waals surface area (Å²) in [6, 6.07) is 7.13. The van der Waals surface area contributed by atoms with Crippen LogP contribution < -0.4 is 0 Å². The Morgan fingerprint density at radius 3 is 2.40 bits per heavy atom. The standard InChI is InChI=1S/C10H9ClO3S/c11-7-1-3-8(4-2-7)15-10(9(12)13)5-14-6-10/h1-4H,5-6H2,(H,12,13). The highest BCUT2D eigenvalue weighted by Crippen LogP contribution is 2.39. The lowest BCUT2D eigenvalue weighted by Gasteiger charge is -2.36. The van der Waals surface area contributed by atoms with E-state index in [1.807, 2.05) is 12.1 Å². The van der Waals surface area contributed by atoms with Gasteiger partial charge in [-0.15, -0.1) is 11.8 Å². The molecule has 1 heterocycles. The van der Waals surface area contributed by atoms with Crippen LogP contribution in [-0.4, -0.2) is 29.0 Å². The second kappa shape index (κ2) is 4.04. The van der Waals surface area contributed by atoms with Crippen molar-refractivity contribution in [2.75, 3.05) is 13.2 Å². The molecule has 1 saturated heterocycles. The highest BCUT2D eigenvalue weighted by Gasteiger charge is 2.47. The van der Waals surface area contributed by atoms with Crippen molar-refractivity contribution in [3.63, 3.8) is 0 Å². The Bertz CT molecular complexity index is 373. The van der Waals surface area contributed by atoms with Gasteiger partial charge in [-0.2, -0.15) is 0 Å². The number of aliphatic carboxylic acids is 1. The van der Waals surface area contributed by atoms with E-state index in [0.717, 1.165) is 4.90 Å². The molecular formula is C10H9ClO3S. The van der Waals surface area contributed by atoms with Crippen molar-refractivity contribution in [1.29, 1.82) is 0 Å². The number of carboxylic acid groups (broad SMARTS) is 1. The lowest BCUT2D eigenvalue weighted by molar-refractivity contribution is -0.151. The summed E-state index contributed by atoms with van der Waals surface area (Å²) in [4.78, 5) is 11.9. The van der Waals surface area contributed by atoms with Gasteiger partial charge < -0.3 is 9.84 Å². The van der Waals surface area contributed by atoms with Crippen LogP contribution in [0.3, 0.4) is 0 Å². The lowest BCUT2D eigenvalue weighted by atomic mass is 10.1. The van der Waals surface area contributed by atoms with Crippen LogP contribution in [0.1, 0.15) is 0 Å². The molecule has 0 saturated carbocycles. The molecule has 0 aliphatic carbocycles. The van der Waals surface area contributed by atoms with Crippen molar-refractivity contribution in [1.82, 2.24) is 0 Å². The number of rotatable bonds is 3. The Hall–Kier alpha value is -0.710. The van der Waals surface area contributed by atoms with Crippen LogP contribution in [0, 0.1) is 0 Å². The van der Waals surface area contributed by atoms with Gasteiger partial charge in [-0.05, 0) is 24.3 Å². The summed E-state index contributed by atoms with van der Waals surface area (Å²) < 4.78 is 4.16. The summed E-state index contributed by atoms with van der Waals surface area (Å²) in [5, 5.41) is 9.72. The minimum Gasteiger partial charge on any atom is -0.480 e. The van der Waals surface area contributed by atoms with E-state index in [1.54, 1.807) is 12.1 Å². The molecule has 5 heteroatoms. The molecule has 1 fully saturated rings. The predicted molar refractivity (Wildman–Crippen MR) is 58.5 cm³/mol. The van der Waals surface area contributed by atoms with E-state index in [4.69, 9.17) is 21.4 Å². The third kappa shape index (κ3) is 2.12. The number of carboxylic acids is 1. The molecular weight excluding hydrogens is 236 g/mol. The number of thioether (sulfide) groups is 1. The first kappa shape index (κ1) is 10.8. The summed E-state index contributed by atoms with van der Waals surface area (Å²) in [7, 11) is 0. The number of halogens is 1. The lowest BCUT2D eigenvalue weighted by Crippen LogP contribution is -2.53. The second-order valence-corrected chi connectivity index (χ2v) is 5.24. The fourth-order valence-corrected chi connectivity index (χ4v) is 2.46. The van der Waals surface area contributed by atoms with Crippen LogP contribution in [-0.2, 0) is 9.53 Å². The Morgan fingerprint density at radius 2 is 2.00 bits per heavy atom. The van der Waals surface area contributed by atoms with Crippen molar-refractivity contribution in [3.05, 3.63) is 29.3 Å². The number of benzene rings is 1. The number of hydrogen-bond donors (Lipinski definition) is 1. The monoisotopic (exact) mass is 244 g/mol. The second-order valence-electron chi connectivity index (χ2n) is 3.35. The first-order chi connectivity index (χ1) is 7.12. The molecule has 0 atom stereocenters. The first-order valence-corrected chi connectivity index (χ1v) is 5.58. The average Bonchev–Trinajstić information content (AvgIpc) is 2.13. The molecule has 15 heavy (non-hydrogen) atoms. The zero-order valence-electron chi connectivity index (χ0n) is 7.77. The maximum Gasteiger partial charge on any atom is 0.324 e. The summed E-state index contributed by atoms with van der Waals surface area (Å²) in [5.41, 5.74) is 0. The van der Waals surface area contributed by atoms with Gasteiger partial charge in [-0.3, -0.25) is 4.79 Å². The molecule has 0 amide bonds. The fraction of sp³-hybridized carbons (Fsp3) is 0.300. The van der Waals surface area contributed by atoms with E-state index in [9.17, 15) is 4.79 Å². The summed E-state index contributed by atoms with van der Waals surface area (Å²) >= 11 is 7.05. The van der Waals surface area contributed by atoms with Crippen molar-refractivity contribution in [2.45, 2.75) is 9.64 Å². The minimum atomic E-state index is -0.825. The molecule has 1 aromatic carbocycles. The Morgan fingerprint density at radius 1 is 1.40 bits per heavy atom. The maximum absolute atomic E-state index is 11.0. The summed E-state index contributed by atoms with van der Waals surface area (Å²) in [6.07, 6.45) is 0. The van der Waals surface area contributed by atoms with E-state index in [-0.39, 0.29) is 13.2 Å². The Balaban J connectivity index is 2.13. The number of hydrogen-bond acceptors (Lipinski definition) is 3. The smallest absolute Gasteiger partial charge is 0.324 e. The fourth-order valence-electron chi connectivity index (χ4n) is 1.24. The van der Waals surface area contributed by atoms with Crippen molar-refractivity contribution in [3.8, 4) is 0 Å². The molecule has 1 aliphatic rings. The Kier molecular flexibility index (Phi) is 2.91. The largest absolute Gasteiger partial charge is 0.480 e. The van der Waals surface area contributed by atoms with E-state index >= 15 is 0 Å². The van der Waals surface area contributed by atoms with Crippen LogP contribution >= 0.6 is 23.4 Å². The molecule has 1 N–H and O–H groups in total. The minimum absolute atomic E-state index is 0.260. The normalized spacial score (nSPS) is 18.2. The van der Waals surface area contributed by atoms with Crippen molar-refractivity contribution < 1.29 is 14.6 Å². The third-order valence-corrected chi connectivity index (χ3v) is 3.75. The third-order valence-electron chi connectivity index (χ3n) is 2.19. The molecule has 3 nitrogen and oxygen atoms in total. The number of ether oxygens (including phenoxy) is 1. The van der Waals surface area contributed by atoms with Crippen LogP contribution in [0.15, 0.2) is 29.2 Å². The molecule has 0 radical (unpaired) electrons. The van der Waals surface area contributed by atoms with E-state index in [2.05, 4.69) is 0 Å². The van der Waals surface area contributed by atoms with Gasteiger partial charge in [0.25, 0.3) is 0 Å². The van der Waals surface area contributed by atoms with Gasteiger partial charge in [0.1, 0.15) is 0 Å². The van der Waals surface area contributed by atoms with Crippen LogP contribution in [0.5, 0.6) is 0 Å². The molecule has 80 valence electrons. The van der Waals surface area contributed by atoms with Crippen LogP contribution in [0.2, 0.25) is 5.02 Å². The van der Waals surface area contributed by atoms with Crippen molar-refractivity contribution in [2.24, 2.45) is 0 Å². The first-order valence-electron chi connectivity index (χ1n) is 4.38. The van der Waals surface area contributed by atoms with E-state index in [0.29, 0.717) is 5.02 Å². The van der Waals surface area contributed by atoms with Crippen LogP contribution in [0.4, 0.5) is 0 Å². The highest BCUT2D eigenvalue weighted by atomic mass is 35.5. The van der Waals surface area contributed by atoms with Gasteiger partial charge in [0.2, 0.25) is 0 Å². The zero-order chi connectivity index (χ0) is 10.9. The van der Waals surface area contributed by atoms with E-state index < -0.39 is 10.7 Å². The van der Waals surface area contributed by atoms with Crippen molar-refractivity contribution >= 4 is 29.3 Å². The van der Waals surface area contributed by atoms with E-state index in [1.165, 1.54) is 11.8 Å². The van der Waals surface area contributed by atoms with Gasteiger partial charge >= 0.3 is 5.97 Å².